The SMILES string of the molecule is O=C([CH2][Hg][I])c1ccccc1. The molecule has 0 N–H and O–H groups in total. The Labute approximate surface area is 87.4 Å². The van der Waals surface area contributed by atoms with E-state index in [1.165, 1.54) is 0 Å². The molecule has 0 aliphatic heterocycles. The van der Waals surface area contributed by atoms with Gasteiger partial charge in [-0.15, -0.1) is 0 Å². The predicted octanol–water partition coefficient (Wildman–Crippen LogP) is 2.72. The minimum atomic E-state index is -0.788. The first kappa shape index (κ1) is 9.64. The summed E-state index contributed by atoms with van der Waals surface area (Å²) in [5, 5.41) is 0. The van der Waals surface area contributed by atoms with E-state index in [0.717, 1.165) is 9.49 Å². The fourth-order valence-corrected chi connectivity index (χ4v) is 6.94. The summed E-state index contributed by atoms with van der Waals surface area (Å²) in [5.74, 6) is 0.335. The molecule has 0 unspecified atom stereocenters. The van der Waals surface area contributed by atoms with Crippen molar-refractivity contribution in [1.29, 1.82) is 0 Å². The molecule has 0 saturated heterocycles. The van der Waals surface area contributed by atoms with Crippen LogP contribution in [0.1, 0.15) is 10.4 Å². The second-order valence-electron chi connectivity index (χ2n) is 2.23. The van der Waals surface area contributed by atoms with Crippen molar-refractivity contribution in [2.24, 2.45) is 0 Å². The van der Waals surface area contributed by atoms with Crippen LogP contribution in [0.25, 0.3) is 0 Å². The van der Waals surface area contributed by atoms with Gasteiger partial charge >= 0.3 is 88.3 Å². The Balaban J connectivity index is 2.69. The molecule has 0 amide bonds. The van der Waals surface area contributed by atoms with Crippen molar-refractivity contribution >= 4 is 23.4 Å². The van der Waals surface area contributed by atoms with Crippen molar-refractivity contribution in [3.05, 3.63) is 35.9 Å². The Hall–Kier alpha value is 0.555. The van der Waals surface area contributed by atoms with E-state index in [9.17, 15) is 4.79 Å². The topological polar surface area (TPSA) is 17.1 Å². The van der Waals surface area contributed by atoms with E-state index in [1.54, 1.807) is 0 Å². The maximum absolute atomic E-state index is 11.3. The summed E-state index contributed by atoms with van der Waals surface area (Å²) in [6.07, 6.45) is 0. The molecule has 11 heavy (non-hydrogen) atoms. The molecule has 0 saturated carbocycles. The summed E-state index contributed by atoms with van der Waals surface area (Å²) in [4.78, 5) is 11.3. The number of benzene rings is 1. The van der Waals surface area contributed by atoms with Gasteiger partial charge in [-0.1, -0.05) is 0 Å². The Bertz CT molecular complexity index is 235. The third-order valence-electron chi connectivity index (χ3n) is 1.42. The van der Waals surface area contributed by atoms with E-state index in [0.29, 0.717) is 5.78 Å². The molecule has 54 valence electrons. The van der Waals surface area contributed by atoms with Crippen LogP contribution in [0.4, 0.5) is 0 Å². The molecule has 0 radical (unpaired) electrons. The third-order valence-corrected chi connectivity index (χ3v) is 8.65. The zero-order valence-corrected chi connectivity index (χ0v) is 13.7. The van der Waals surface area contributed by atoms with Gasteiger partial charge in [0.1, 0.15) is 0 Å². The molecule has 3 heteroatoms. The molecule has 0 bridgehead atoms. The van der Waals surface area contributed by atoms with Crippen LogP contribution in [0, 0.1) is 0 Å². The monoisotopic (exact) mass is 448 g/mol. The zero-order valence-electron chi connectivity index (χ0n) is 6.09. The van der Waals surface area contributed by atoms with Crippen molar-refractivity contribution < 1.29 is 25.0 Å². The normalized spacial score (nSPS) is 8.82. The zero-order chi connectivity index (χ0) is 8.10. The molecule has 1 rings (SSSR count). The van der Waals surface area contributed by atoms with Gasteiger partial charge in [0, 0.05) is 0 Å². The van der Waals surface area contributed by atoms with Crippen molar-refractivity contribution in [2.45, 2.75) is 3.93 Å². The number of hydrogen-bond acceptors (Lipinski definition) is 1. The van der Waals surface area contributed by atoms with Crippen LogP contribution in [0.5, 0.6) is 0 Å². The van der Waals surface area contributed by atoms with E-state index >= 15 is 0 Å². The second kappa shape index (κ2) is 5.24. The quantitative estimate of drug-likeness (QED) is 0.396. The molecule has 1 aromatic carbocycles. The van der Waals surface area contributed by atoms with Crippen LogP contribution in [0.15, 0.2) is 30.3 Å². The van der Waals surface area contributed by atoms with E-state index in [2.05, 4.69) is 17.7 Å². The van der Waals surface area contributed by atoms with E-state index < -0.39 is 20.2 Å². The van der Waals surface area contributed by atoms with Crippen LogP contribution >= 0.6 is 17.7 Å². The molecule has 0 fully saturated rings. The standard InChI is InChI=1S/C8H7O.Hg.HI/c1-7(9)8-5-3-2-4-6-8;;/h2-6H,1H2;;1H/q;+1;/p-1. The second-order valence-corrected chi connectivity index (χ2v) is 15.1. The van der Waals surface area contributed by atoms with Gasteiger partial charge < -0.3 is 0 Å². The van der Waals surface area contributed by atoms with Crippen LogP contribution in [-0.2, 0) is 20.2 Å². The molecule has 1 nitrogen and oxygen atoms in total. The van der Waals surface area contributed by atoms with Gasteiger partial charge in [-0.25, -0.2) is 0 Å². The number of carbonyl (C=O) groups is 1. The molecule has 0 atom stereocenters. The van der Waals surface area contributed by atoms with Crippen molar-refractivity contribution in [2.75, 3.05) is 0 Å². The molecule has 0 heterocycles. The Kier molecular flexibility index (Phi) is 4.60. The van der Waals surface area contributed by atoms with Crippen molar-refractivity contribution in [3.8, 4) is 0 Å². The van der Waals surface area contributed by atoms with Crippen LogP contribution in [0.3, 0.4) is 0 Å². The number of hydrogen-bond donors (Lipinski definition) is 0. The summed E-state index contributed by atoms with van der Waals surface area (Å²) in [7, 11) is 0. The van der Waals surface area contributed by atoms with Crippen LogP contribution in [-0.4, -0.2) is 5.78 Å². The average Bonchev–Trinajstić information content (AvgIpc) is 2.07. The summed E-state index contributed by atoms with van der Waals surface area (Å²) in [6.45, 7) is 0. The summed E-state index contributed by atoms with van der Waals surface area (Å²) in [6, 6.07) is 9.55. The van der Waals surface area contributed by atoms with Gasteiger partial charge in [0.05, 0.1) is 0 Å². The Morgan fingerprint density at radius 1 is 1.36 bits per heavy atom. The first-order valence-electron chi connectivity index (χ1n) is 3.49. The Morgan fingerprint density at radius 2 is 2.00 bits per heavy atom. The molecule has 0 spiro atoms. The Morgan fingerprint density at radius 3 is 2.55 bits per heavy atom. The molecule has 1 aromatic rings. The van der Waals surface area contributed by atoms with E-state index in [-0.39, 0.29) is 0 Å². The maximum atomic E-state index is 11.3. The molecule has 0 aliphatic carbocycles. The number of Topliss-reactive ketones (excluding diaryl/α,β-unsaturated/α-hetero) is 1. The molecular formula is C8H7HgIO. The number of carbonyl (C=O) groups excluding carboxylic acids is 1. The van der Waals surface area contributed by atoms with Gasteiger partial charge in [0.2, 0.25) is 0 Å². The van der Waals surface area contributed by atoms with Gasteiger partial charge in [0.25, 0.3) is 0 Å². The van der Waals surface area contributed by atoms with Gasteiger partial charge in [-0.05, 0) is 0 Å². The molecular weight excluding hydrogens is 440 g/mol. The molecule has 0 aromatic heterocycles. The summed E-state index contributed by atoms with van der Waals surface area (Å²) in [5.41, 5.74) is 0.879. The number of rotatable bonds is 3. The molecule has 0 aliphatic rings. The first-order valence-corrected chi connectivity index (χ1v) is 22.8. The van der Waals surface area contributed by atoms with Crippen molar-refractivity contribution in [3.63, 3.8) is 0 Å². The fraction of sp³-hybridized carbons (Fsp3) is 0.125. The van der Waals surface area contributed by atoms with Crippen molar-refractivity contribution in [1.82, 2.24) is 0 Å². The van der Waals surface area contributed by atoms with Gasteiger partial charge in [0.15, 0.2) is 0 Å². The minimum absolute atomic E-state index is 0.335. The summed E-state index contributed by atoms with van der Waals surface area (Å²) < 4.78 is 0.866. The first-order chi connectivity index (χ1) is 5.34. The number of ketones is 1. The third kappa shape index (κ3) is 3.19. The van der Waals surface area contributed by atoms with E-state index in [4.69, 9.17) is 0 Å². The van der Waals surface area contributed by atoms with E-state index in [1.807, 2.05) is 30.3 Å². The van der Waals surface area contributed by atoms with Crippen LogP contribution in [0.2, 0.25) is 3.93 Å². The van der Waals surface area contributed by atoms with Gasteiger partial charge in [-0.2, -0.15) is 0 Å². The fourth-order valence-electron chi connectivity index (χ4n) is 0.854. The predicted molar refractivity (Wildman–Crippen MR) is 49.6 cm³/mol. The number of halogens is 1. The summed E-state index contributed by atoms with van der Waals surface area (Å²) >= 11 is 1.64. The average molecular weight is 447 g/mol. The van der Waals surface area contributed by atoms with Crippen LogP contribution < -0.4 is 0 Å². The van der Waals surface area contributed by atoms with Gasteiger partial charge in [-0.3, -0.25) is 0 Å².